The van der Waals surface area contributed by atoms with Crippen LogP contribution in [0.15, 0.2) is 60.8 Å². The van der Waals surface area contributed by atoms with Gasteiger partial charge < -0.3 is 0 Å². The summed E-state index contributed by atoms with van der Waals surface area (Å²) in [6.45, 7) is 4.57. The lowest BCUT2D eigenvalue weighted by atomic mass is 9.82. The monoisotopic (exact) mass is 394 g/mol. The van der Waals surface area contributed by atoms with E-state index in [2.05, 4.69) is 36.6 Å². The minimum Gasteiger partial charge on any atom is -0.270 e. The van der Waals surface area contributed by atoms with Crippen molar-refractivity contribution in [2.45, 2.75) is 32.2 Å². The lowest BCUT2D eigenvalue weighted by Crippen LogP contribution is -2.34. The van der Waals surface area contributed by atoms with Gasteiger partial charge in [0, 0.05) is 23.8 Å². The van der Waals surface area contributed by atoms with Gasteiger partial charge in [0.25, 0.3) is 11.8 Å². The van der Waals surface area contributed by atoms with Crippen molar-refractivity contribution in [1.82, 2.24) is 4.90 Å². The molecule has 0 N–H and O–H groups in total. The number of nitriles is 1. The second-order valence-electron chi connectivity index (χ2n) is 8.34. The van der Waals surface area contributed by atoms with Gasteiger partial charge in [-0.25, -0.2) is 0 Å². The molecule has 146 valence electrons. The first kappa shape index (κ1) is 18.3. The zero-order valence-corrected chi connectivity index (χ0v) is 16.8. The fraction of sp³-hybridized carbons (Fsp3) is 0.200. The van der Waals surface area contributed by atoms with Crippen LogP contribution >= 0.6 is 0 Å². The summed E-state index contributed by atoms with van der Waals surface area (Å²) in [7, 11) is 0. The van der Waals surface area contributed by atoms with Crippen LogP contribution in [-0.4, -0.2) is 16.7 Å². The minimum atomic E-state index is -0.251. The van der Waals surface area contributed by atoms with E-state index in [1.807, 2.05) is 24.4 Å². The molecule has 0 unspecified atom stereocenters. The number of rotatable bonds is 3. The van der Waals surface area contributed by atoms with E-state index >= 15 is 0 Å². The smallest absolute Gasteiger partial charge is 0.261 e. The van der Waals surface area contributed by atoms with Crippen molar-refractivity contribution in [3.8, 4) is 11.8 Å². The molecule has 2 aliphatic rings. The molecule has 0 bridgehead atoms. The molecule has 0 saturated carbocycles. The van der Waals surface area contributed by atoms with Crippen LogP contribution in [0.5, 0.6) is 0 Å². The van der Waals surface area contributed by atoms with Crippen molar-refractivity contribution in [1.29, 1.82) is 5.26 Å². The van der Waals surface area contributed by atoms with Gasteiger partial charge in [-0.15, -0.1) is 0 Å². The Balaban J connectivity index is 1.50. The molecule has 2 aromatic carbocycles. The van der Waals surface area contributed by atoms with Gasteiger partial charge in [-0.2, -0.15) is 9.83 Å². The highest BCUT2D eigenvalue weighted by molar-refractivity contribution is 6.21. The Morgan fingerprint density at radius 3 is 2.33 bits per heavy atom. The Bertz CT molecular complexity index is 1250. The molecule has 0 fully saturated rings. The van der Waals surface area contributed by atoms with Crippen LogP contribution in [0.1, 0.15) is 56.9 Å². The van der Waals surface area contributed by atoms with Gasteiger partial charge in [-0.3, -0.25) is 14.5 Å². The first-order valence-corrected chi connectivity index (χ1v) is 9.93. The third-order valence-electron chi connectivity index (χ3n) is 6.16. The fourth-order valence-corrected chi connectivity index (χ4v) is 4.53. The number of hydrogen-bond donors (Lipinski definition) is 0. The topological polar surface area (TPSA) is 65.1 Å². The third kappa shape index (κ3) is 2.50. The largest absolute Gasteiger partial charge is 0.270 e. The Labute approximate surface area is 174 Å². The third-order valence-corrected chi connectivity index (χ3v) is 6.16. The Kier molecular flexibility index (Phi) is 3.87. The summed E-state index contributed by atoms with van der Waals surface area (Å²) in [5.41, 5.74) is 5.96. The van der Waals surface area contributed by atoms with Crippen LogP contribution in [0, 0.1) is 11.3 Å². The maximum absolute atomic E-state index is 12.7. The summed E-state index contributed by atoms with van der Waals surface area (Å²) in [5.74, 6) is -0.483. The predicted molar refractivity (Wildman–Crippen MR) is 110 cm³/mol. The van der Waals surface area contributed by atoms with E-state index in [9.17, 15) is 9.59 Å². The molecule has 2 aliphatic heterocycles. The van der Waals surface area contributed by atoms with Crippen molar-refractivity contribution in [3.63, 3.8) is 0 Å². The van der Waals surface area contributed by atoms with E-state index < -0.39 is 0 Å². The molecule has 0 saturated heterocycles. The first-order valence-electron chi connectivity index (χ1n) is 9.93. The van der Waals surface area contributed by atoms with Crippen molar-refractivity contribution in [2.75, 3.05) is 0 Å². The molecule has 5 rings (SSSR count). The average Bonchev–Trinajstić information content (AvgIpc) is 3.12. The van der Waals surface area contributed by atoms with E-state index in [0.29, 0.717) is 17.5 Å². The number of fused-ring (bicyclic) bond motifs is 4. The minimum absolute atomic E-state index is 0.242. The van der Waals surface area contributed by atoms with Crippen LogP contribution in [0.25, 0.3) is 5.69 Å². The van der Waals surface area contributed by atoms with E-state index in [1.54, 1.807) is 24.3 Å². The van der Waals surface area contributed by atoms with Gasteiger partial charge in [0.15, 0.2) is 11.9 Å². The van der Waals surface area contributed by atoms with Crippen molar-refractivity contribution >= 4 is 11.8 Å². The highest BCUT2D eigenvalue weighted by Gasteiger charge is 2.44. The van der Waals surface area contributed by atoms with E-state index in [1.165, 1.54) is 4.90 Å². The van der Waals surface area contributed by atoms with Gasteiger partial charge >= 0.3 is 0 Å². The van der Waals surface area contributed by atoms with Crippen molar-refractivity contribution in [3.05, 3.63) is 94.3 Å². The summed E-state index contributed by atoms with van der Waals surface area (Å²) in [5, 5.41) is 9.04. The van der Waals surface area contributed by atoms with Gasteiger partial charge in [-0.05, 0) is 43.2 Å². The van der Waals surface area contributed by atoms with Gasteiger partial charge in [0.2, 0.25) is 5.69 Å². The standard InChI is InChI=1S/C25H20N3O2/c1-25(2)20-13-17(15-28-23(29)18-5-3-4-6-19(18)24(28)30)7-8-21(20)27-12-10-16(9-11-26)14-22(25)27/h3-8,10,12-14H,9,15H2,1-2H3/q+1. The highest BCUT2D eigenvalue weighted by Crippen LogP contribution is 2.39. The molecule has 5 nitrogen and oxygen atoms in total. The summed E-state index contributed by atoms with van der Waals surface area (Å²) in [6, 6.07) is 19.4. The van der Waals surface area contributed by atoms with Crippen LogP contribution in [-0.2, 0) is 18.4 Å². The second kappa shape index (κ2) is 6.36. The zero-order valence-electron chi connectivity index (χ0n) is 16.8. The summed E-state index contributed by atoms with van der Waals surface area (Å²) in [6.07, 6.45) is 2.39. The number of imide groups is 1. The van der Waals surface area contributed by atoms with Crippen molar-refractivity contribution < 1.29 is 14.2 Å². The van der Waals surface area contributed by atoms with Crippen LogP contribution in [0.2, 0.25) is 0 Å². The highest BCUT2D eigenvalue weighted by atomic mass is 16.2. The van der Waals surface area contributed by atoms with E-state index in [-0.39, 0.29) is 23.8 Å². The lowest BCUT2D eigenvalue weighted by molar-refractivity contribution is -0.599. The number of amides is 2. The maximum Gasteiger partial charge on any atom is 0.261 e. The first-order chi connectivity index (χ1) is 14.4. The number of pyridine rings is 1. The number of carbonyl (C=O) groups is 2. The zero-order chi connectivity index (χ0) is 21.0. The second-order valence-corrected chi connectivity index (χ2v) is 8.34. The molecule has 30 heavy (non-hydrogen) atoms. The van der Waals surface area contributed by atoms with E-state index in [4.69, 9.17) is 5.26 Å². The molecule has 0 radical (unpaired) electrons. The Morgan fingerprint density at radius 1 is 0.967 bits per heavy atom. The fourth-order valence-electron chi connectivity index (χ4n) is 4.53. The van der Waals surface area contributed by atoms with Crippen molar-refractivity contribution in [2.24, 2.45) is 0 Å². The predicted octanol–water partition coefficient (Wildman–Crippen LogP) is 3.46. The molecular formula is C25H20N3O2+. The average molecular weight is 394 g/mol. The molecule has 3 heterocycles. The summed E-state index contributed by atoms with van der Waals surface area (Å²) in [4.78, 5) is 26.8. The SMILES string of the molecule is CC1(C)c2cc(CN3C(=O)c4ccccc4C3=O)ccc2-[n+]2ccc(CC#N)cc21. The quantitative estimate of drug-likeness (QED) is 0.505. The van der Waals surface area contributed by atoms with Gasteiger partial charge in [-0.1, -0.05) is 18.2 Å². The Hall–Kier alpha value is -3.78. The number of carbonyl (C=O) groups excluding carboxylic acids is 2. The number of hydrogen-bond acceptors (Lipinski definition) is 3. The molecule has 1 aromatic heterocycles. The van der Waals surface area contributed by atoms with Crippen LogP contribution < -0.4 is 4.57 Å². The number of benzene rings is 2. The Morgan fingerprint density at radius 2 is 1.67 bits per heavy atom. The molecule has 3 aromatic rings. The van der Waals surface area contributed by atoms with Crippen LogP contribution in [0.3, 0.4) is 0 Å². The number of nitrogens with zero attached hydrogens (tertiary/aromatic N) is 3. The summed E-state index contributed by atoms with van der Waals surface area (Å²) < 4.78 is 2.15. The van der Waals surface area contributed by atoms with Gasteiger partial charge in [0.05, 0.1) is 35.6 Å². The molecule has 0 spiro atoms. The lowest BCUT2D eigenvalue weighted by Gasteiger charge is -2.17. The van der Waals surface area contributed by atoms with E-state index in [0.717, 1.165) is 28.1 Å². The molecule has 0 atom stereocenters. The maximum atomic E-state index is 12.7. The van der Waals surface area contributed by atoms with Crippen LogP contribution in [0.4, 0.5) is 0 Å². The molecular weight excluding hydrogens is 374 g/mol. The summed E-state index contributed by atoms with van der Waals surface area (Å²) >= 11 is 0. The normalized spacial score (nSPS) is 15.6. The number of aromatic nitrogens is 1. The molecule has 2 amide bonds. The van der Waals surface area contributed by atoms with Gasteiger partial charge in [0.1, 0.15) is 0 Å². The molecule has 5 heteroatoms. The molecule has 0 aliphatic carbocycles.